The zero-order valence-electron chi connectivity index (χ0n) is 28.1. The minimum Gasteiger partial charge on any atom is -1.00 e. The number of carbonyl (C=O) groups is 4. The van der Waals surface area contributed by atoms with Gasteiger partial charge in [-0.05, 0) is 67.1 Å². The van der Waals surface area contributed by atoms with E-state index in [1.807, 2.05) is 35.0 Å². The monoisotopic (exact) mass is 676 g/mol. The van der Waals surface area contributed by atoms with Crippen molar-refractivity contribution in [2.75, 3.05) is 34.3 Å². The molecule has 3 unspecified atom stereocenters. The van der Waals surface area contributed by atoms with Gasteiger partial charge in [-0.25, -0.2) is 9.07 Å². The minimum atomic E-state index is -0.812. The highest BCUT2D eigenvalue weighted by molar-refractivity contribution is 6.00. The topological polar surface area (TPSA) is 140 Å². The van der Waals surface area contributed by atoms with Crippen LogP contribution >= 0.6 is 0 Å². The van der Waals surface area contributed by atoms with Crippen LogP contribution in [0.25, 0.3) is 5.69 Å². The van der Waals surface area contributed by atoms with Crippen LogP contribution in [-0.4, -0.2) is 84.6 Å². The Morgan fingerprint density at radius 3 is 2.47 bits per heavy atom. The van der Waals surface area contributed by atoms with Crippen molar-refractivity contribution in [2.45, 2.75) is 84.5 Å². The molecule has 258 valence electrons. The van der Waals surface area contributed by atoms with E-state index < -0.39 is 36.1 Å². The lowest BCUT2D eigenvalue weighted by Gasteiger charge is -2.29. The van der Waals surface area contributed by atoms with Gasteiger partial charge >= 0.3 is 11.9 Å². The molecular formula is C34H46ClFN4O7. The summed E-state index contributed by atoms with van der Waals surface area (Å²) in [6.07, 6.45) is 2.96. The number of ketones is 1. The van der Waals surface area contributed by atoms with E-state index in [4.69, 9.17) is 25.0 Å². The molecule has 2 aromatic rings. The summed E-state index contributed by atoms with van der Waals surface area (Å²) in [6, 6.07) is 2.75. The van der Waals surface area contributed by atoms with Crippen molar-refractivity contribution in [2.24, 2.45) is 23.0 Å². The van der Waals surface area contributed by atoms with Crippen molar-refractivity contribution in [3.05, 3.63) is 46.0 Å². The number of primary amides is 1. The van der Waals surface area contributed by atoms with Gasteiger partial charge in [0.05, 0.1) is 51.1 Å². The van der Waals surface area contributed by atoms with Gasteiger partial charge in [0.15, 0.2) is 11.9 Å². The van der Waals surface area contributed by atoms with Gasteiger partial charge in [0.25, 0.3) is 0 Å². The molecule has 3 atom stereocenters. The average molecular weight is 677 g/mol. The number of rotatable bonds is 12. The number of aromatic nitrogens is 2. The number of Topliss-reactive ketones (excluding diaryl/α,β-unsaturated/α-hetero) is 1. The van der Waals surface area contributed by atoms with Gasteiger partial charge in [0, 0.05) is 25.3 Å². The van der Waals surface area contributed by atoms with E-state index in [1.54, 1.807) is 10.7 Å². The number of benzene rings is 1. The Bertz CT molecular complexity index is 1550. The van der Waals surface area contributed by atoms with E-state index in [2.05, 4.69) is 0 Å². The van der Waals surface area contributed by atoms with Crippen LogP contribution in [0, 0.1) is 23.1 Å². The number of ether oxygens (including phenoxy) is 3. The Kier molecular flexibility index (Phi) is 10.9. The summed E-state index contributed by atoms with van der Waals surface area (Å²) in [5, 5.41) is 4.80. The maximum Gasteiger partial charge on any atom is 0.312 e. The summed E-state index contributed by atoms with van der Waals surface area (Å²) in [4.78, 5) is 50.0. The van der Waals surface area contributed by atoms with Crippen molar-refractivity contribution in [1.29, 1.82) is 0 Å². The van der Waals surface area contributed by atoms with Crippen LogP contribution in [0.4, 0.5) is 4.39 Å². The van der Waals surface area contributed by atoms with Gasteiger partial charge in [0.1, 0.15) is 18.0 Å². The quantitative estimate of drug-likeness (QED) is 0.256. The number of likely N-dealkylation sites (N-methyl/N-ethyl adjacent to an activating group) is 1. The first-order valence-electron chi connectivity index (χ1n) is 16.0. The first kappa shape index (κ1) is 36.5. The predicted octanol–water partition coefficient (Wildman–Crippen LogP) is 0.698. The van der Waals surface area contributed by atoms with Crippen molar-refractivity contribution in [3.63, 3.8) is 0 Å². The Balaban J connectivity index is 0.00000500. The van der Waals surface area contributed by atoms with Crippen LogP contribution in [0.15, 0.2) is 12.1 Å². The van der Waals surface area contributed by atoms with Crippen LogP contribution in [0.2, 0.25) is 0 Å². The van der Waals surface area contributed by atoms with E-state index >= 15 is 4.39 Å². The molecule has 2 fully saturated rings. The second-order valence-electron chi connectivity index (χ2n) is 15.1. The van der Waals surface area contributed by atoms with Crippen molar-refractivity contribution in [3.8, 4) is 5.69 Å². The summed E-state index contributed by atoms with van der Waals surface area (Å²) >= 11 is 0. The lowest BCUT2D eigenvalue weighted by atomic mass is 9.75. The molecule has 1 amide bonds. The highest BCUT2D eigenvalue weighted by Crippen LogP contribution is 2.41. The predicted molar refractivity (Wildman–Crippen MR) is 166 cm³/mol. The number of nitrogens with two attached hydrogens (primary N) is 1. The first-order valence-corrected chi connectivity index (χ1v) is 16.0. The Morgan fingerprint density at radius 1 is 1.15 bits per heavy atom. The number of hydrogen-bond acceptors (Lipinski definition) is 8. The van der Waals surface area contributed by atoms with Gasteiger partial charge in [-0.1, -0.05) is 13.8 Å². The van der Waals surface area contributed by atoms with Gasteiger partial charge in [-0.2, -0.15) is 5.10 Å². The molecule has 11 nitrogen and oxygen atoms in total. The highest BCUT2D eigenvalue weighted by atomic mass is 35.5. The number of fused-ring (bicyclic) bond motifs is 1. The van der Waals surface area contributed by atoms with Crippen LogP contribution in [-0.2, 0) is 43.1 Å². The number of hydrogen-bond donors (Lipinski definition) is 1. The van der Waals surface area contributed by atoms with Crippen molar-refractivity contribution < 1.29 is 54.7 Å². The lowest BCUT2D eigenvalue weighted by molar-refractivity contribution is -0.873. The van der Waals surface area contributed by atoms with E-state index in [-0.39, 0.29) is 53.8 Å². The molecule has 2 heterocycles. The highest BCUT2D eigenvalue weighted by Gasteiger charge is 2.39. The largest absolute Gasteiger partial charge is 1.00 e. The smallest absolute Gasteiger partial charge is 0.312 e. The van der Waals surface area contributed by atoms with E-state index in [1.165, 1.54) is 6.92 Å². The van der Waals surface area contributed by atoms with Crippen molar-refractivity contribution in [1.82, 2.24) is 9.78 Å². The molecular weight excluding hydrogens is 631 g/mol. The van der Waals surface area contributed by atoms with E-state index in [0.29, 0.717) is 71.6 Å². The van der Waals surface area contributed by atoms with Gasteiger partial charge in [-0.3, -0.25) is 19.2 Å². The van der Waals surface area contributed by atoms with E-state index in [9.17, 15) is 19.2 Å². The fourth-order valence-electron chi connectivity index (χ4n) is 6.69. The molecule has 2 aliphatic carbocycles. The Labute approximate surface area is 281 Å². The van der Waals surface area contributed by atoms with Gasteiger partial charge in [-0.15, -0.1) is 0 Å². The Morgan fingerprint density at radius 2 is 1.85 bits per heavy atom. The lowest BCUT2D eigenvalue weighted by Crippen LogP contribution is -3.00. The summed E-state index contributed by atoms with van der Waals surface area (Å²) in [7, 11) is 5.80. The third kappa shape index (κ3) is 9.17. The molecule has 1 saturated carbocycles. The molecule has 2 N–H and O–H groups in total. The molecule has 1 saturated heterocycles. The first-order chi connectivity index (χ1) is 21.5. The van der Waals surface area contributed by atoms with Crippen molar-refractivity contribution >= 4 is 23.6 Å². The number of quaternary nitrogens is 1. The molecule has 0 radical (unpaired) electrons. The number of esters is 2. The maximum atomic E-state index is 15.8. The SMILES string of the molecule is CC(=O)OC(CC(=O)OC1CC(Cc2cc(-n3nc(CC4CC4)c4c3CC(C)(C)CC4=O)c(F)cc2C(N)=O)CO1)C[N+](C)(C)C.[Cl-]. The maximum absolute atomic E-state index is 15.8. The second kappa shape index (κ2) is 14.0. The fraction of sp³-hybridized carbons (Fsp3) is 0.618. The number of halogens is 2. The fourth-order valence-corrected chi connectivity index (χ4v) is 6.69. The van der Waals surface area contributed by atoms with Gasteiger partial charge in [0.2, 0.25) is 12.2 Å². The second-order valence-corrected chi connectivity index (χ2v) is 15.1. The zero-order valence-corrected chi connectivity index (χ0v) is 28.8. The van der Waals surface area contributed by atoms with Crippen LogP contribution in [0.5, 0.6) is 0 Å². The van der Waals surface area contributed by atoms with E-state index in [0.717, 1.165) is 18.9 Å². The number of amides is 1. The summed E-state index contributed by atoms with van der Waals surface area (Å²) in [6.45, 7) is 6.02. The van der Waals surface area contributed by atoms with Crippen LogP contribution in [0.3, 0.4) is 0 Å². The molecule has 3 aliphatic rings. The molecule has 47 heavy (non-hydrogen) atoms. The molecule has 0 bridgehead atoms. The zero-order chi connectivity index (χ0) is 33.6. The molecule has 1 aromatic carbocycles. The summed E-state index contributed by atoms with van der Waals surface area (Å²) in [5.41, 5.74) is 8.15. The number of carbonyl (C=O) groups excluding carboxylic acids is 4. The molecule has 13 heteroatoms. The minimum absolute atomic E-state index is 0. The third-order valence-corrected chi connectivity index (χ3v) is 8.76. The van der Waals surface area contributed by atoms with Crippen LogP contribution in [0.1, 0.15) is 90.5 Å². The summed E-state index contributed by atoms with van der Waals surface area (Å²) in [5.74, 6) is -2.06. The normalized spacial score (nSPS) is 21.0. The standard InChI is InChI=1S/C34H45FN4O7.ClH/c1-19(40)45-23(17-39(4,5)6)13-30(42)46-31-11-21(18-44-31)9-22-12-27(25(35)14-24(22)33(36)43)38-28-15-34(2,3)16-29(41)32(28)26(37-38)10-20-7-8-20;/h12,14,20-21,23,31H,7-11,13,15-18H2,1-6H3,(H-,36,43);1H. The average Bonchev–Trinajstić information content (AvgIpc) is 3.50. The third-order valence-electron chi connectivity index (χ3n) is 8.76. The van der Waals surface area contributed by atoms with Gasteiger partial charge < -0.3 is 36.8 Å². The van der Waals surface area contributed by atoms with Crippen LogP contribution < -0.4 is 18.1 Å². The molecule has 1 aromatic heterocycles. The molecule has 0 spiro atoms. The number of nitrogens with zero attached hydrogens (tertiary/aromatic N) is 3. The molecule has 5 rings (SSSR count). The Hall–Kier alpha value is -3.35. The summed E-state index contributed by atoms with van der Waals surface area (Å²) < 4.78 is 34.5. The molecule has 1 aliphatic heterocycles.